The number of aromatic amines is 1. The fourth-order valence-electron chi connectivity index (χ4n) is 3.74. The average molecular weight is 406 g/mol. The summed E-state index contributed by atoms with van der Waals surface area (Å²) in [6.07, 6.45) is 0. The van der Waals surface area contributed by atoms with Crippen LogP contribution in [0.15, 0.2) is 86.8 Å². The Kier molecular flexibility index (Phi) is 4.16. The number of aromatic nitrogens is 1. The molecule has 31 heavy (non-hydrogen) atoms. The Morgan fingerprint density at radius 3 is 2.42 bits per heavy atom. The first-order chi connectivity index (χ1) is 15.0. The first kappa shape index (κ1) is 18.4. The Morgan fingerprint density at radius 1 is 0.871 bits per heavy atom. The van der Waals surface area contributed by atoms with Crippen molar-refractivity contribution in [1.82, 2.24) is 4.98 Å². The molecular formula is C25H14N2O4. The average Bonchev–Trinajstić information content (AvgIpc) is 2.78. The summed E-state index contributed by atoms with van der Waals surface area (Å²) in [4.78, 5) is 28.0. The van der Waals surface area contributed by atoms with Gasteiger partial charge in [-0.15, -0.1) is 0 Å². The number of nitrogens with zero attached hydrogens (tertiary/aromatic N) is 1. The molecule has 2 aromatic heterocycles. The van der Waals surface area contributed by atoms with Gasteiger partial charge in [0.05, 0.1) is 11.3 Å². The van der Waals surface area contributed by atoms with E-state index in [-0.39, 0.29) is 22.6 Å². The minimum atomic E-state index is -0.611. The molecular weight excluding hydrogens is 392 g/mol. The van der Waals surface area contributed by atoms with Crippen molar-refractivity contribution in [3.8, 4) is 34.2 Å². The molecule has 6 nitrogen and oxygen atoms in total. The molecule has 3 aromatic carbocycles. The van der Waals surface area contributed by atoms with Gasteiger partial charge in [0.1, 0.15) is 23.0 Å². The molecule has 0 aliphatic heterocycles. The SMILES string of the molecule is N#Cc1c(-c2ccc(O)cc2)cc(-c2cc3c(ccc4ccccc43)oc2=O)[nH]c1=O. The van der Waals surface area contributed by atoms with Gasteiger partial charge in [0.2, 0.25) is 0 Å². The molecule has 6 heteroatoms. The number of rotatable bonds is 2. The van der Waals surface area contributed by atoms with Crippen molar-refractivity contribution in [2.75, 3.05) is 0 Å². The van der Waals surface area contributed by atoms with Crippen LogP contribution in [0.2, 0.25) is 0 Å². The molecule has 0 saturated carbocycles. The predicted octanol–water partition coefficient (Wildman–Crippen LogP) is 4.55. The van der Waals surface area contributed by atoms with Crippen LogP contribution >= 0.6 is 0 Å². The summed E-state index contributed by atoms with van der Waals surface area (Å²) in [5.74, 6) is 0.0642. The Hall–Kier alpha value is -4.63. The zero-order valence-corrected chi connectivity index (χ0v) is 16.0. The second-order valence-electron chi connectivity index (χ2n) is 7.11. The Labute approximate surface area is 175 Å². The van der Waals surface area contributed by atoms with Crippen LogP contribution in [0.3, 0.4) is 0 Å². The Morgan fingerprint density at radius 2 is 1.65 bits per heavy atom. The van der Waals surface area contributed by atoms with Crippen molar-refractivity contribution in [3.63, 3.8) is 0 Å². The summed E-state index contributed by atoms with van der Waals surface area (Å²) in [5, 5.41) is 21.7. The first-order valence-corrected chi connectivity index (χ1v) is 9.48. The fourth-order valence-corrected chi connectivity index (χ4v) is 3.74. The van der Waals surface area contributed by atoms with Crippen LogP contribution in [-0.2, 0) is 0 Å². The van der Waals surface area contributed by atoms with Gasteiger partial charge in [-0.05, 0) is 46.7 Å². The van der Waals surface area contributed by atoms with E-state index in [4.69, 9.17) is 4.42 Å². The van der Waals surface area contributed by atoms with Crippen molar-refractivity contribution in [2.45, 2.75) is 0 Å². The van der Waals surface area contributed by atoms with Crippen LogP contribution in [0.4, 0.5) is 0 Å². The molecule has 0 bridgehead atoms. The lowest BCUT2D eigenvalue weighted by atomic mass is 9.98. The molecule has 2 heterocycles. The fraction of sp³-hybridized carbons (Fsp3) is 0. The van der Waals surface area contributed by atoms with Crippen LogP contribution in [0, 0.1) is 11.3 Å². The van der Waals surface area contributed by atoms with Gasteiger partial charge in [0.25, 0.3) is 5.56 Å². The van der Waals surface area contributed by atoms with Gasteiger partial charge in [-0.3, -0.25) is 4.79 Å². The van der Waals surface area contributed by atoms with E-state index in [1.54, 1.807) is 30.3 Å². The zero-order chi connectivity index (χ0) is 21.5. The molecule has 148 valence electrons. The number of phenolic OH excluding ortho intramolecular Hbond substituents is 1. The molecule has 0 unspecified atom stereocenters. The monoisotopic (exact) mass is 406 g/mol. The molecule has 0 spiro atoms. The van der Waals surface area contributed by atoms with Crippen LogP contribution in [0.1, 0.15) is 5.56 Å². The third kappa shape index (κ3) is 3.05. The lowest BCUT2D eigenvalue weighted by Crippen LogP contribution is -2.15. The number of hydrogen-bond acceptors (Lipinski definition) is 5. The van der Waals surface area contributed by atoms with Crippen molar-refractivity contribution in [3.05, 3.63) is 99.1 Å². The number of benzene rings is 3. The standard InChI is InChI=1S/C25H14N2O4/c26-13-21-18(15-5-8-16(28)9-6-15)12-22(27-24(21)29)20-11-19-17-4-2-1-3-14(17)7-10-23(19)31-25(20)30/h1-12,28H,(H,27,29). The summed E-state index contributed by atoms with van der Waals surface area (Å²) < 4.78 is 5.54. The summed E-state index contributed by atoms with van der Waals surface area (Å²) in [6, 6.07) is 22.7. The molecule has 2 N–H and O–H groups in total. The predicted molar refractivity (Wildman–Crippen MR) is 118 cm³/mol. The third-order valence-corrected chi connectivity index (χ3v) is 5.26. The van der Waals surface area contributed by atoms with E-state index in [1.165, 1.54) is 12.1 Å². The number of phenols is 1. The van der Waals surface area contributed by atoms with Crippen molar-refractivity contribution in [1.29, 1.82) is 5.26 Å². The second kappa shape index (κ2) is 7.01. The highest BCUT2D eigenvalue weighted by molar-refractivity contribution is 6.06. The van der Waals surface area contributed by atoms with Crippen molar-refractivity contribution >= 4 is 21.7 Å². The maximum absolute atomic E-state index is 12.7. The summed E-state index contributed by atoms with van der Waals surface area (Å²) >= 11 is 0. The highest BCUT2D eigenvalue weighted by Gasteiger charge is 2.16. The second-order valence-corrected chi connectivity index (χ2v) is 7.11. The maximum atomic E-state index is 12.7. The van der Waals surface area contributed by atoms with E-state index in [9.17, 15) is 20.0 Å². The molecule has 0 atom stereocenters. The van der Waals surface area contributed by atoms with E-state index in [2.05, 4.69) is 4.98 Å². The summed E-state index contributed by atoms with van der Waals surface area (Å²) in [5.41, 5.74) is 0.518. The zero-order valence-electron chi connectivity index (χ0n) is 16.0. The van der Waals surface area contributed by atoms with Gasteiger partial charge < -0.3 is 14.5 Å². The van der Waals surface area contributed by atoms with Crippen LogP contribution in [-0.4, -0.2) is 10.1 Å². The quantitative estimate of drug-likeness (QED) is 0.330. The largest absolute Gasteiger partial charge is 0.508 e. The topological polar surface area (TPSA) is 107 Å². The van der Waals surface area contributed by atoms with E-state index < -0.39 is 11.2 Å². The minimum absolute atomic E-state index is 0.0642. The van der Waals surface area contributed by atoms with Gasteiger partial charge >= 0.3 is 5.63 Å². The molecule has 0 aliphatic carbocycles. The number of nitrogens with one attached hydrogen (secondary N) is 1. The van der Waals surface area contributed by atoms with Crippen LogP contribution < -0.4 is 11.2 Å². The number of fused-ring (bicyclic) bond motifs is 3. The van der Waals surface area contributed by atoms with Crippen LogP contribution in [0.25, 0.3) is 44.1 Å². The van der Waals surface area contributed by atoms with Gasteiger partial charge in [-0.1, -0.05) is 42.5 Å². The summed E-state index contributed by atoms with van der Waals surface area (Å²) in [6.45, 7) is 0. The van der Waals surface area contributed by atoms with E-state index in [0.717, 1.165) is 16.2 Å². The number of nitriles is 1. The van der Waals surface area contributed by atoms with Crippen LogP contribution in [0.5, 0.6) is 5.75 Å². The normalized spacial score (nSPS) is 10.9. The number of hydrogen-bond donors (Lipinski definition) is 2. The maximum Gasteiger partial charge on any atom is 0.345 e. The molecule has 0 saturated heterocycles. The lowest BCUT2D eigenvalue weighted by molar-refractivity contribution is 0.475. The van der Waals surface area contributed by atoms with E-state index in [0.29, 0.717) is 16.7 Å². The van der Waals surface area contributed by atoms with E-state index >= 15 is 0 Å². The molecule has 5 aromatic rings. The molecule has 0 aliphatic rings. The minimum Gasteiger partial charge on any atom is -0.508 e. The summed E-state index contributed by atoms with van der Waals surface area (Å²) in [7, 11) is 0. The third-order valence-electron chi connectivity index (χ3n) is 5.26. The highest BCUT2D eigenvalue weighted by atomic mass is 16.4. The first-order valence-electron chi connectivity index (χ1n) is 9.48. The number of H-pyrrole nitrogens is 1. The van der Waals surface area contributed by atoms with Crippen molar-refractivity contribution < 1.29 is 9.52 Å². The Bertz CT molecular complexity index is 1640. The Balaban J connectivity index is 1.80. The van der Waals surface area contributed by atoms with Gasteiger partial charge in [-0.2, -0.15) is 5.26 Å². The smallest absolute Gasteiger partial charge is 0.345 e. The number of pyridine rings is 1. The molecule has 0 amide bonds. The van der Waals surface area contributed by atoms with Gasteiger partial charge in [0.15, 0.2) is 0 Å². The molecule has 5 rings (SSSR count). The van der Waals surface area contributed by atoms with Gasteiger partial charge in [0, 0.05) is 10.9 Å². The molecule has 0 radical (unpaired) electrons. The van der Waals surface area contributed by atoms with E-state index in [1.807, 2.05) is 36.4 Å². The lowest BCUT2D eigenvalue weighted by Gasteiger charge is -2.09. The highest BCUT2D eigenvalue weighted by Crippen LogP contribution is 2.30. The van der Waals surface area contributed by atoms with Crippen molar-refractivity contribution in [2.24, 2.45) is 0 Å². The number of aromatic hydroxyl groups is 1. The van der Waals surface area contributed by atoms with Gasteiger partial charge in [-0.25, -0.2) is 4.79 Å². The molecule has 0 fully saturated rings.